The molecule has 4 heterocycles. The number of carbonyl (C=O) groups excluding carboxylic acids is 1. The highest BCUT2D eigenvalue weighted by atomic mass is 32.1. The molecule has 1 amide bonds. The fourth-order valence-corrected chi connectivity index (χ4v) is 4.93. The normalized spacial score (nSPS) is 24.0. The molecule has 3 aliphatic rings. The summed E-state index contributed by atoms with van der Waals surface area (Å²) in [5.41, 5.74) is -0.542. The number of nitrogens with zero attached hydrogens (tertiary/aromatic N) is 5. The summed E-state index contributed by atoms with van der Waals surface area (Å²) in [6.07, 6.45) is 3.49. The van der Waals surface area contributed by atoms with Crippen LogP contribution in [0.25, 0.3) is 0 Å². The molecule has 0 N–H and O–H groups in total. The van der Waals surface area contributed by atoms with E-state index < -0.39 is 11.1 Å². The van der Waals surface area contributed by atoms with Crippen molar-refractivity contribution in [3.8, 4) is 0 Å². The first-order chi connectivity index (χ1) is 12.9. The Hall–Kier alpha value is -2.29. The highest BCUT2D eigenvalue weighted by molar-refractivity contribution is 7.09. The van der Waals surface area contributed by atoms with Crippen molar-refractivity contribution in [2.24, 2.45) is 11.3 Å². The largest absolute Gasteiger partial charge is 0.342 e. The maximum Gasteiger partial charge on any atom is 0.332 e. The van der Waals surface area contributed by atoms with Gasteiger partial charge in [-0.3, -0.25) is 19.0 Å². The summed E-state index contributed by atoms with van der Waals surface area (Å²) < 4.78 is 2.76. The van der Waals surface area contributed by atoms with E-state index in [9.17, 15) is 14.4 Å². The van der Waals surface area contributed by atoms with E-state index in [0.717, 1.165) is 36.5 Å². The van der Waals surface area contributed by atoms with E-state index in [1.807, 2.05) is 17.2 Å². The number of likely N-dealkylation sites (tertiary alicyclic amines) is 1. The molecule has 2 aromatic rings. The molecule has 1 saturated heterocycles. The predicted octanol–water partition coefficient (Wildman–Crippen LogP) is 0.403. The molecule has 2 aliphatic heterocycles. The summed E-state index contributed by atoms with van der Waals surface area (Å²) in [7, 11) is 0. The lowest BCUT2D eigenvalue weighted by Crippen LogP contribution is -2.43. The van der Waals surface area contributed by atoms with Crippen LogP contribution < -0.4 is 11.1 Å². The lowest BCUT2D eigenvalue weighted by Gasteiger charge is -2.22. The van der Waals surface area contributed by atoms with Crippen LogP contribution in [0.2, 0.25) is 0 Å². The lowest BCUT2D eigenvalue weighted by molar-refractivity contribution is -0.131. The van der Waals surface area contributed by atoms with Gasteiger partial charge in [0.05, 0.1) is 17.2 Å². The van der Waals surface area contributed by atoms with Gasteiger partial charge in [-0.05, 0) is 26.2 Å². The number of carbonyl (C=O) groups is 1. The molecular formula is C18H21N5O3S. The van der Waals surface area contributed by atoms with Crippen LogP contribution in [-0.2, 0) is 24.3 Å². The smallest absolute Gasteiger partial charge is 0.332 e. The van der Waals surface area contributed by atoms with Crippen LogP contribution in [0, 0.1) is 18.3 Å². The van der Waals surface area contributed by atoms with Crippen LogP contribution in [0.1, 0.15) is 35.8 Å². The highest BCUT2D eigenvalue weighted by Gasteiger charge is 2.47. The number of aromatic nitrogens is 4. The van der Waals surface area contributed by atoms with Crippen molar-refractivity contribution in [2.45, 2.75) is 45.7 Å². The zero-order chi connectivity index (χ0) is 18.8. The number of hydrogen-bond donors (Lipinski definition) is 0. The second kappa shape index (κ2) is 5.85. The minimum Gasteiger partial charge on any atom is -0.342 e. The maximum atomic E-state index is 12.6. The van der Waals surface area contributed by atoms with Gasteiger partial charge in [-0.2, -0.15) is 5.10 Å². The van der Waals surface area contributed by atoms with Gasteiger partial charge >= 0.3 is 11.1 Å². The molecule has 1 atom stereocenters. The standard InChI is InChI=1S/C18H21N5O3S/c1-11-19-13(8-27-11)7-23-17(26)16(25)22-10-18(6-14(22)20-23)4-5-21(9-18)15(24)12-2-3-12/h8,12H,2-7,9-10H2,1H3/t18-/m1/s1. The molecular weight excluding hydrogens is 366 g/mol. The summed E-state index contributed by atoms with van der Waals surface area (Å²) in [5.74, 6) is 1.11. The highest BCUT2D eigenvalue weighted by Crippen LogP contribution is 2.41. The quantitative estimate of drug-likeness (QED) is 0.712. The first-order valence-electron chi connectivity index (χ1n) is 9.35. The van der Waals surface area contributed by atoms with Crippen LogP contribution in [0.5, 0.6) is 0 Å². The monoisotopic (exact) mass is 387 g/mol. The molecule has 142 valence electrons. The Labute approximate surface area is 159 Å². The number of aryl methyl sites for hydroxylation is 1. The topological polar surface area (TPSA) is 90.1 Å². The zero-order valence-corrected chi connectivity index (χ0v) is 16.0. The number of amides is 1. The van der Waals surface area contributed by atoms with Gasteiger partial charge in [0.15, 0.2) is 0 Å². The van der Waals surface area contributed by atoms with E-state index in [2.05, 4.69) is 10.1 Å². The SMILES string of the molecule is Cc1nc(Cn2nc3n(c(=O)c2=O)C[C@]2(CCN(C(=O)C4CC4)C2)C3)cs1. The Morgan fingerprint density at radius 2 is 2.11 bits per heavy atom. The van der Waals surface area contributed by atoms with Crippen LogP contribution >= 0.6 is 11.3 Å². The average Bonchev–Trinajstić information content (AvgIpc) is 3.14. The van der Waals surface area contributed by atoms with Crippen LogP contribution in [-0.4, -0.2) is 43.2 Å². The van der Waals surface area contributed by atoms with E-state index >= 15 is 0 Å². The van der Waals surface area contributed by atoms with Gasteiger partial charge in [-0.1, -0.05) is 0 Å². The van der Waals surface area contributed by atoms with Crippen LogP contribution in [0.15, 0.2) is 15.0 Å². The zero-order valence-electron chi connectivity index (χ0n) is 15.2. The third-order valence-electron chi connectivity index (χ3n) is 5.89. The summed E-state index contributed by atoms with van der Waals surface area (Å²) in [5, 5.41) is 7.28. The molecule has 1 aliphatic carbocycles. The van der Waals surface area contributed by atoms with Gasteiger partial charge in [-0.25, -0.2) is 9.67 Å². The average molecular weight is 387 g/mol. The van der Waals surface area contributed by atoms with Gasteiger partial charge in [0.2, 0.25) is 5.91 Å². The van der Waals surface area contributed by atoms with Crippen molar-refractivity contribution in [3.63, 3.8) is 0 Å². The van der Waals surface area contributed by atoms with Gasteiger partial charge < -0.3 is 4.90 Å². The van der Waals surface area contributed by atoms with Crippen molar-refractivity contribution in [2.75, 3.05) is 13.1 Å². The van der Waals surface area contributed by atoms with E-state index in [1.54, 1.807) is 0 Å². The molecule has 0 radical (unpaired) electrons. The van der Waals surface area contributed by atoms with Crippen molar-refractivity contribution >= 4 is 17.2 Å². The molecule has 9 heteroatoms. The lowest BCUT2D eigenvalue weighted by atomic mass is 9.86. The maximum absolute atomic E-state index is 12.6. The third-order valence-corrected chi connectivity index (χ3v) is 6.71. The fraction of sp³-hybridized carbons (Fsp3) is 0.611. The fourth-order valence-electron chi connectivity index (χ4n) is 4.33. The molecule has 2 aromatic heterocycles. The van der Waals surface area contributed by atoms with Crippen molar-refractivity contribution in [1.82, 2.24) is 24.2 Å². The summed E-state index contributed by atoms with van der Waals surface area (Å²) in [6, 6.07) is 0. The number of fused-ring (bicyclic) bond motifs is 1. The Morgan fingerprint density at radius 1 is 1.30 bits per heavy atom. The van der Waals surface area contributed by atoms with Crippen molar-refractivity contribution in [1.29, 1.82) is 0 Å². The summed E-state index contributed by atoms with van der Waals surface area (Å²) in [6.45, 7) is 3.99. The molecule has 1 spiro atoms. The minimum atomic E-state index is -0.606. The molecule has 27 heavy (non-hydrogen) atoms. The van der Waals surface area contributed by atoms with Crippen molar-refractivity contribution < 1.29 is 4.79 Å². The van der Waals surface area contributed by atoms with E-state index in [4.69, 9.17) is 0 Å². The van der Waals surface area contributed by atoms with Crippen molar-refractivity contribution in [3.05, 3.63) is 42.6 Å². The Morgan fingerprint density at radius 3 is 2.81 bits per heavy atom. The second-order valence-electron chi connectivity index (χ2n) is 8.09. The van der Waals surface area contributed by atoms with Gasteiger partial charge in [0.1, 0.15) is 5.82 Å². The van der Waals surface area contributed by atoms with Crippen LogP contribution in [0.3, 0.4) is 0 Å². The second-order valence-corrected chi connectivity index (χ2v) is 9.15. The molecule has 8 nitrogen and oxygen atoms in total. The van der Waals surface area contributed by atoms with Gasteiger partial charge in [0, 0.05) is 42.8 Å². The van der Waals surface area contributed by atoms with Gasteiger partial charge in [0.25, 0.3) is 0 Å². The summed E-state index contributed by atoms with van der Waals surface area (Å²) in [4.78, 5) is 43.8. The first-order valence-corrected chi connectivity index (χ1v) is 10.2. The number of rotatable bonds is 3. The predicted molar refractivity (Wildman–Crippen MR) is 98.8 cm³/mol. The van der Waals surface area contributed by atoms with E-state index in [0.29, 0.717) is 25.3 Å². The molecule has 0 unspecified atom stereocenters. The van der Waals surface area contributed by atoms with E-state index in [1.165, 1.54) is 20.6 Å². The molecule has 2 fully saturated rings. The molecule has 5 rings (SSSR count). The minimum absolute atomic E-state index is 0.160. The Balaban J connectivity index is 1.42. The van der Waals surface area contributed by atoms with Crippen LogP contribution in [0.4, 0.5) is 0 Å². The first kappa shape index (κ1) is 16.9. The summed E-state index contributed by atoms with van der Waals surface area (Å²) >= 11 is 1.51. The number of thiazole rings is 1. The number of hydrogen-bond acceptors (Lipinski definition) is 6. The molecule has 1 saturated carbocycles. The molecule has 0 bridgehead atoms. The third kappa shape index (κ3) is 2.84. The Kier molecular flexibility index (Phi) is 3.65. The molecule has 0 aromatic carbocycles. The van der Waals surface area contributed by atoms with E-state index in [-0.39, 0.29) is 23.8 Å². The Bertz CT molecular complexity index is 1050. The van der Waals surface area contributed by atoms with Gasteiger partial charge in [-0.15, -0.1) is 11.3 Å².